The second-order valence-electron chi connectivity index (χ2n) is 4.87. The van der Waals surface area contributed by atoms with E-state index in [1.54, 1.807) is 6.20 Å². The van der Waals surface area contributed by atoms with Crippen LogP contribution < -0.4 is 5.73 Å². The highest BCUT2D eigenvalue weighted by Gasteiger charge is 2.16. The van der Waals surface area contributed by atoms with E-state index in [9.17, 15) is 0 Å². The topological polar surface area (TPSA) is 82.5 Å². The molecule has 20 heavy (non-hydrogen) atoms. The number of aryl methyl sites for hydroxylation is 2. The summed E-state index contributed by atoms with van der Waals surface area (Å²) in [7, 11) is 0. The summed E-state index contributed by atoms with van der Waals surface area (Å²) in [4.78, 5) is 8.79. The molecule has 0 saturated heterocycles. The number of nitrogen functional groups attached to an aromatic ring is 1. The Labute approximate surface area is 116 Å². The summed E-state index contributed by atoms with van der Waals surface area (Å²) >= 11 is 0. The molecule has 0 amide bonds. The van der Waals surface area contributed by atoms with Crippen LogP contribution in [0.25, 0.3) is 11.0 Å². The van der Waals surface area contributed by atoms with Crippen LogP contribution in [-0.2, 0) is 6.54 Å². The minimum Gasteiger partial charge on any atom is -0.383 e. The Morgan fingerprint density at radius 2 is 2.00 bits per heavy atom. The number of fused-ring (bicyclic) bond motifs is 1. The largest absolute Gasteiger partial charge is 0.383 e. The fourth-order valence-electron chi connectivity index (χ4n) is 2.45. The Hall–Kier alpha value is -2.50. The Bertz CT molecular complexity index is 775. The van der Waals surface area contributed by atoms with E-state index in [1.165, 1.54) is 0 Å². The number of hydrogen-bond donors (Lipinski definition) is 1. The monoisotopic (exact) mass is 268 g/mol. The second-order valence-corrected chi connectivity index (χ2v) is 4.87. The Morgan fingerprint density at radius 3 is 2.70 bits per heavy atom. The van der Waals surface area contributed by atoms with Crippen molar-refractivity contribution >= 4 is 16.9 Å². The maximum Gasteiger partial charge on any atom is 0.146 e. The van der Waals surface area contributed by atoms with Crippen molar-refractivity contribution < 1.29 is 0 Å². The molecular formula is C14H16N6. The molecule has 0 fully saturated rings. The van der Waals surface area contributed by atoms with Crippen LogP contribution in [0.4, 0.5) is 5.82 Å². The molecule has 102 valence electrons. The molecule has 0 aliphatic carbocycles. The molecular weight excluding hydrogens is 252 g/mol. The maximum atomic E-state index is 6.04. The minimum absolute atomic E-state index is 0.533. The highest BCUT2D eigenvalue weighted by Crippen LogP contribution is 2.28. The Balaban J connectivity index is 2.23. The summed E-state index contributed by atoms with van der Waals surface area (Å²) < 4.78 is 2.11. The van der Waals surface area contributed by atoms with Gasteiger partial charge in [0, 0.05) is 11.9 Å². The number of aromatic nitrogens is 5. The molecule has 0 aliphatic rings. The molecule has 0 aliphatic heterocycles. The van der Waals surface area contributed by atoms with Crippen molar-refractivity contribution in [1.29, 1.82) is 0 Å². The van der Waals surface area contributed by atoms with Crippen LogP contribution >= 0.6 is 0 Å². The molecule has 3 aromatic rings. The van der Waals surface area contributed by atoms with E-state index < -0.39 is 0 Å². The third-order valence-electron chi connectivity index (χ3n) is 3.56. The van der Waals surface area contributed by atoms with Crippen molar-refractivity contribution in [2.24, 2.45) is 0 Å². The quantitative estimate of drug-likeness (QED) is 0.766. The molecule has 0 radical (unpaired) electrons. The van der Waals surface area contributed by atoms with Gasteiger partial charge in [-0.2, -0.15) is 10.2 Å². The highest BCUT2D eigenvalue weighted by molar-refractivity contribution is 5.91. The van der Waals surface area contributed by atoms with Crippen LogP contribution in [0.1, 0.15) is 22.8 Å². The average molecular weight is 268 g/mol. The molecule has 0 aromatic carbocycles. The summed E-state index contributed by atoms with van der Waals surface area (Å²) in [6.45, 7) is 6.57. The molecule has 0 unspecified atom stereocenters. The minimum atomic E-state index is 0.533. The van der Waals surface area contributed by atoms with Gasteiger partial charge in [-0.05, 0) is 38.5 Å². The third kappa shape index (κ3) is 1.89. The summed E-state index contributed by atoms with van der Waals surface area (Å²) in [6, 6.07) is 3.83. The van der Waals surface area contributed by atoms with E-state index in [0.29, 0.717) is 18.2 Å². The SMILES string of the molecule is Cc1nc(N)c2c(C)c(C)n(Cc3cccnn3)c2n1. The highest BCUT2D eigenvalue weighted by atomic mass is 15.1. The van der Waals surface area contributed by atoms with E-state index in [1.807, 2.05) is 26.0 Å². The van der Waals surface area contributed by atoms with Gasteiger partial charge in [0.1, 0.15) is 17.3 Å². The van der Waals surface area contributed by atoms with Crippen LogP contribution in [0.5, 0.6) is 0 Å². The van der Waals surface area contributed by atoms with Crippen molar-refractivity contribution in [1.82, 2.24) is 24.7 Å². The first-order valence-corrected chi connectivity index (χ1v) is 6.44. The summed E-state index contributed by atoms with van der Waals surface area (Å²) in [6.07, 6.45) is 1.67. The van der Waals surface area contributed by atoms with Crippen LogP contribution in [0.3, 0.4) is 0 Å². The van der Waals surface area contributed by atoms with E-state index in [4.69, 9.17) is 5.73 Å². The molecule has 3 rings (SSSR count). The predicted molar refractivity (Wildman–Crippen MR) is 77.3 cm³/mol. The van der Waals surface area contributed by atoms with Crippen LogP contribution in [0.2, 0.25) is 0 Å². The lowest BCUT2D eigenvalue weighted by Gasteiger charge is -2.07. The second kappa shape index (κ2) is 4.56. The van der Waals surface area contributed by atoms with Gasteiger partial charge in [-0.3, -0.25) is 0 Å². The predicted octanol–water partition coefficient (Wildman–Crippen LogP) is 1.78. The molecule has 6 heteroatoms. The number of nitrogens with zero attached hydrogens (tertiary/aromatic N) is 5. The summed E-state index contributed by atoms with van der Waals surface area (Å²) in [5, 5.41) is 8.97. The normalized spacial score (nSPS) is 11.2. The number of rotatable bonds is 2. The zero-order chi connectivity index (χ0) is 14.3. The Morgan fingerprint density at radius 1 is 1.20 bits per heavy atom. The Kier molecular flexibility index (Phi) is 2.85. The van der Waals surface area contributed by atoms with Crippen LogP contribution in [0, 0.1) is 20.8 Å². The van der Waals surface area contributed by atoms with Gasteiger partial charge in [-0.25, -0.2) is 9.97 Å². The fraction of sp³-hybridized carbons (Fsp3) is 0.286. The molecule has 0 bridgehead atoms. The van der Waals surface area contributed by atoms with E-state index in [2.05, 4.69) is 31.7 Å². The molecule has 6 nitrogen and oxygen atoms in total. The average Bonchev–Trinajstić information content (AvgIpc) is 2.65. The zero-order valence-electron chi connectivity index (χ0n) is 11.8. The molecule has 0 saturated carbocycles. The molecule has 0 atom stereocenters. The van der Waals surface area contributed by atoms with Gasteiger partial charge in [0.15, 0.2) is 0 Å². The van der Waals surface area contributed by atoms with E-state index in [-0.39, 0.29) is 0 Å². The fourth-order valence-corrected chi connectivity index (χ4v) is 2.45. The smallest absolute Gasteiger partial charge is 0.146 e. The van der Waals surface area contributed by atoms with Gasteiger partial charge in [-0.1, -0.05) is 0 Å². The number of hydrogen-bond acceptors (Lipinski definition) is 5. The van der Waals surface area contributed by atoms with Crippen LogP contribution in [-0.4, -0.2) is 24.7 Å². The number of nitrogens with two attached hydrogens (primary N) is 1. The van der Waals surface area contributed by atoms with Crippen molar-refractivity contribution in [3.8, 4) is 0 Å². The van der Waals surface area contributed by atoms with Gasteiger partial charge in [0.2, 0.25) is 0 Å². The standard InChI is InChI=1S/C14H16N6/c1-8-9(2)20(7-11-5-4-6-16-19-11)14-12(8)13(15)17-10(3)18-14/h4-6H,7H2,1-3H3,(H2,15,17,18). The van der Waals surface area contributed by atoms with Gasteiger partial charge in [0.25, 0.3) is 0 Å². The van der Waals surface area contributed by atoms with E-state index >= 15 is 0 Å². The van der Waals surface area contributed by atoms with Gasteiger partial charge in [-0.15, -0.1) is 0 Å². The van der Waals surface area contributed by atoms with Crippen molar-refractivity contribution in [3.63, 3.8) is 0 Å². The maximum absolute atomic E-state index is 6.04. The molecule has 3 aromatic heterocycles. The first-order valence-electron chi connectivity index (χ1n) is 6.44. The third-order valence-corrected chi connectivity index (χ3v) is 3.56. The van der Waals surface area contributed by atoms with Crippen molar-refractivity contribution in [2.45, 2.75) is 27.3 Å². The lowest BCUT2D eigenvalue weighted by molar-refractivity contribution is 0.747. The first-order chi connectivity index (χ1) is 9.58. The summed E-state index contributed by atoms with van der Waals surface area (Å²) in [5.41, 5.74) is 10.0. The van der Waals surface area contributed by atoms with Gasteiger partial charge >= 0.3 is 0 Å². The van der Waals surface area contributed by atoms with Crippen molar-refractivity contribution in [3.05, 3.63) is 41.1 Å². The molecule has 3 heterocycles. The zero-order valence-corrected chi connectivity index (χ0v) is 11.8. The number of anilines is 1. The lowest BCUT2D eigenvalue weighted by atomic mass is 10.2. The van der Waals surface area contributed by atoms with Gasteiger partial charge in [0.05, 0.1) is 17.6 Å². The molecule has 2 N–H and O–H groups in total. The first kappa shape index (κ1) is 12.5. The van der Waals surface area contributed by atoms with Gasteiger partial charge < -0.3 is 10.3 Å². The van der Waals surface area contributed by atoms with Crippen molar-refractivity contribution in [2.75, 3.05) is 5.73 Å². The summed E-state index contributed by atoms with van der Waals surface area (Å²) in [5.74, 6) is 1.21. The molecule has 0 spiro atoms. The lowest BCUT2D eigenvalue weighted by Crippen LogP contribution is -2.06. The van der Waals surface area contributed by atoms with Crippen LogP contribution in [0.15, 0.2) is 18.3 Å². The van der Waals surface area contributed by atoms with E-state index in [0.717, 1.165) is 28.0 Å².